The molecule has 9 nitrogen and oxygen atoms in total. The van der Waals surface area contributed by atoms with Crippen molar-refractivity contribution in [2.24, 2.45) is 4.99 Å². The molecule has 43 heavy (non-hydrogen) atoms. The maximum absolute atomic E-state index is 13.9. The minimum Gasteiger partial charge on any atom is -0.497 e. The van der Waals surface area contributed by atoms with Gasteiger partial charge in [-0.25, -0.2) is 9.79 Å². The van der Waals surface area contributed by atoms with Crippen LogP contribution in [0.15, 0.2) is 87.8 Å². The van der Waals surface area contributed by atoms with E-state index in [-0.39, 0.29) is 17.7 Å². The second-order valence-electron chi connectivity index (χ2n) is 9.58. The summed E-state index contributed by atoms with van der Waals surface area (Å²) in [7, 11) is 3.08. The molecule has 10 heteroatoms. The Balaban J connectivity index is 1.51. The molecule has 2 heterocycles. The highest BCUT2D eigenvalue weighted by molar-refractivity contribution is 7.07. The van der Waals surface area contributed by atoms with E-state index in [2.05, 4.69) is 11.1 Å². The molecule has 0 saturated heterocycles. The Labute approximate surface area is 252 Å². The van der Waals surface area contributed by atoms with Crippen LogP contribution in [0.5, 0.6) is 17.2 Å². The Morgan fingerprint density at radius 2 is 1.77 bits per heavy atom. The number of hydrogen-bond acceptors (Lipinski definition) is 9. The van der Waals surface area contributed by atoms with Crippen LogP contribution in [0.3, 0.4) is 0 Å². The Kier molecular flexibility index (Phi) is 8.74. The number of rotatable bonds is 9. The smallest absolute Gasteiger partial charge is 0.338 e. The van der Waals surface area contributed by atoms with Crippen LogP contribution in [-0.2, 0) is 16.1 Å². The summed E-state index contributed by atoms with van der Waals surface area (Å²) >= 11 is 1.24. The molecule has 0 spiro atoms. The number of allylic oxidation sites excluding steroid dienone is 1. The largest absolute Gasteiger partial charge is 0.497 e. The average molecular weight is 596 g/mol. The molecular formula is C33H29N3O6S. The van der Waals surface area contributed by atoms with Crippen LogP contribution in [0.1, 0.15) is 42.1 Å². The van der Waals surface area contributed by atoms with Gasteiger partial charge in [0.2, 0.25) is 0 Å². The zero-order valence-electron chi connectivity index (χ0n) is 24.1. The van der Waals surface area contributed by atoms with Crippen LogP contribution in [0, 0.1) is 11.3 Å². The van der Waals surface area contributed by atoms with E-state index in [4.69, 9.17) is 24.2 Å². The fourth-order valence-corrected chi connectivity index (χ4v) is 5.83. The quantitative estimate of drug-likeness (QED) is 0.266. The number of nitriles is 1. The Morgan fingerprint density at radius 1 is 1.05 bits per heavy atom. The number of carbonyl (C=O) groups is 1. The summed E-state index contributed by atoms with van der Waals surface area (Å²) in [5.74, 6) is 1.17. The first-order valence-electron chi connectivity index (χ1n) is 13.5. The zero-order valence-corrected chi connectivity index (χ0v) is 24.9. The molecule has 0 N–H and O–H groups in total. The van der Waals surface area contributed by atoms with Gasteiger partial charge in [0.25, 0.3) is 5.56 Å². The van der Waals surface area contributed by atoms with Crippen molar-refractivity contribution in [3.05, 3.63) is 120 Å². The van der Waals surface area contributed by atoms with Gasteiger partial charge in [-0.05, 0) is 67.4 Å². The number of aromatic nitrogens is 1. The third-order valence-corrected chi connectivity index (χ3v) is 7.90. The molecule has 0 aliphatic carbocycles. The summed E-state index contributed by atoms with van der Waals surface area (Å²) < 4.78 is 24.3. The first-order chi connectivity index (χ1) is 20.9. The lowest BCUT2D eigenvalue weighted by Crippen LogP contribution is -2.40. The fraction of sp³-hybridized carbons (Fsp3) is 0.212. The van der Waals surface area contributed by atoms with Gasteiger partial charge in [0.15, 0.2) is 4.80 Å². The van der Waals surface area contributed by atoms with Gasteiger partial charge in [-0.3, -0.25) is 9.36 Å². The topological polar surface area (TPSA) is 112 Å². The minimum atomic E-state index is -0.809. The van der Waals surface area contributed by atoms with Gasteiger partial charge >= 0.3 is 5.97 Å². The summed E-state index contributed by atoms with van der Waals surface area (Å²) in [5, 5.41) is 8.96. The van der Waals surface area contributed by atoms with Gasteiger partial charge in [-0.15, -0.1) is 0 Å². The normalized spacial score (nSPS) is 14.4. The molecule has 0 unspecified atom stereocenters. The summed E-state index contributed by atoms with van der Waals surface area (Å²) in [6.45, 7) is 4.01. The van der Waals surface area contributed by atoms with Crippen molar-refractivity contribution in [2.45, 2.75) is 26.5 Å². The second-order valence-corrected chi connectivity index (χ2v) is 10.6. The van der Waals surface area contributed by atoms with Crippen LogP contribution < -0.4 is 29.1 Å². The maximum Gasteiger partial charge on any atom is 0.338 e. The van der Waals surface area contributed by atoms with Crippen molar-refractivity contribution in [2.75, 3.05) is 20.8 Å². The molecule has 3 aromatic carbocycles. The second kappa shape index (κ2) is 12.8. The highest BCUT2D eigenvalue weighted by atomic mass is 32.1. The maximum atomic E-state index is 13.9. The lowest BCUT2D eigenvalue weighted by Gasteiger charge is -2.26. The van der Waals surface area contributed by atoms with Crippen molar-refractivity contribution >= 4 is 23.4 Å². The van der Waals surface area contributed by atoms with E-state index in [9.17, 15) is 9.59 Å². The minimum absolute atomic E-state index is 0.180. The standard InChI is InChI=1S/C33H29N3O6S/c1-5-41-32(38)29-20(2)35-33-36(30(29)26-15-14-25(39-3)17-27(26)40-4)31(37)28(43-33)16-21-10-12-24(13-11-21)42-19-23-8-6-22(18-34)7-9-23/h6-17,30H,5,19H2,1-4H3/b28-16-/t30-/m0/s1. The zero-order chi connectivity index (χ0) is 30.5. The van der Waals surface area contributed by atoms with Crippen LogP contribution in [0.25, 0.3) is 6.08 Å². The molecule has 1 aliphatic rings. The number of nitrogens with zero attached hydrogens (tertiary/aromatic N) is 3. The summed E-state index contributed by atoms with van der Waals surface area (Å²) in [5.41, 5.74) is 3.41. The Hall–Kier alpha value is -5.14. The van der Waals surface area contributed by atoms with Gasteiger partial charge in [0.05, 0.1) is 48.3 Å². The van der Waals surface area contributed by atoms with Crippen molar-refractivity contribution in [1.82, 2.24) is 4.57 Å². The molecular weight excluding hydrogens is 566 g/mol. The Morgan fingerprint density at radius 3 is 2.42 bits per heavy atom. The molecule has 0 radical (unpaired) electrons. The molecule has 4 aromatic rings. The first kappa shape index (κ1) is 29.4. The number of hydrogen-bond donors (Lipinski definition) is 0. The Bertz CT molecular complexity index is 1920. The SMILES string of the molecule is CCOC(=O)C1=C(C)N=c2s/c(=C\c3ccc(OCc4ccc(C#N)cc4)cc3)c(=O)n2[C@H]1c1ccc(OC)cc1OC. The highest BCUT2D eigenvalue weighted by Gasteiger charge is 2.35. The number of thiazole rings is 1. The van der Waals surface area contributed by atoms with Crippen molar-refractivity contribution in [3.8, 4) is 23.3 Å². The fourth-order valence-electron chi connectivity index (χ4n) is 4.78. The van der Waals surface area contributed by atoms with Gasteiger partial charge in [0.1, 0.15) is 29.9 Å². The molecule has 1 atom stereocenters. The molecule has 1 aromatic heterocycles. The third-order valence-electron chi connectivity index (χ3n) is 6.92. The first-order valence-corrected chi connectivity index (χ1v) is 14.3. The summed E-state index contributed by atoms with van der Waals surface area (Å²) in [6.07, 6.45) is 1.79. The molecule has 0 saturated carbocycles. The van der Waals surface area contributed by atoms with Crippen LogP contribution >= 0.6 is 11.3 Å². The van der Waals surface area contributed by atoms with Crippen LogP contribution in [0.2, 0.25) is 0 Å². The van der Waals surface area contributed by atoms with Gasteiger partial charge in [0, 0.05) is 11.6 Å². The van der Waals surface area contributed by atoms with E-state index in [0.29, 0.717) is 50.0 Å². The molecule has 1 aliphatic heterocycles. The van der Waals surface area contributed by atoms with E-state index < -0.39 is 12.0 Å². The van der Waals surface area contributed by atoms with E-state index >= 15 is 0 Å². The summed E-state index contributed by atoms with van der Waals surface area (Å²) in [6, 6.07) is 21.2. The van der Waals surface area contributed by atoms with Gasteiger partial charge in [-0.1, -0.05) is 35.6 Å². The van der Waals surface area contributed by atoms with Gasteiger partial charge in [-0.2, -0.15) is 5.26 Å². The number of esters is 1. The van der Waals surface area contributed by atoms with Crippen LogP contribution in [-0.4, -0.2) is 31.4 Å². The van der Waals surface area contributed by atoms with E-state index in [0.717, 1.165) is 11.1 Å². The van der Waals surface area contributed by atoms with Crippen LogP contribution in [0.4, 0.5) is 0 Å². The molecule has 0 bridgehead atoms. The predicted molar refractivity (Wildman–Crippen MR) is 162 cm³/mol. The number of ether oxygens (including phenoxy) is 4. The predicted octanol–water partition coefficient (Wildman–Crippen LogP) is 4.27. The van der Waals surface area contributed by atoms with Gasteiger partial charge < -0.3 is 18.9 Å². The molecule has 5 rings (SSSR count). The number of methoxy groups -OCH3 is 2. The molecule has 0 amide bonds. The van der Waals surface area contributed by atoms with E-state index in [1.807, 2.05) is 36.4 Å². The average Bonchev–Trinajstić information content (AvgIpc) is 3.33. The number of benzene rings is 3. The van der Waals surface area contributed by atoms with E-state index in [1.54, 1.807) is 57.4 Å². The highest BCUT2D eigenvalue weighted by Crippen LogP contribution is 2.37. The monoisotopic (exact) mass is 595 g/mol. The lowest BCUT2D eigenvalue weighted by molar-refractivity contribution is -0.139. The lowest BCUT2D eigenvalue weighted by atomic mass is 9.95. The van der Waals surface area contributed by atoms with Crippen molar-refractivity contribution < 1.29 is 23.7 Å². The molecule has 0 fully saturated rings. The number of carbonyl (C=O) groups excluding carboxylic acids is 1. The van der Waals surface area contributed by atoms with E-state index in [1.165, 1.54) is 23.0 Å². The van der Waals surface area contributed by atoms with Crippen molar-refractivity contribution in [1.29, 1.82) is 5.26 Å². The third kappa shape index (κ3) is 6.08. The number of fused-ring (bicyclic) bond motifs is 1. The summed E-state index contributed by atoms with van der Waals surface area (Å²) in [4.78, 5) is 32.2. The molecule has 218 valence electrons. The van der Waals surface area contributed by atoms with Crippen molar-refractivity contribution in [3.63, 3.8) is 0 Å².